The van der Waals surface area contributed by atoms with Gasteiger partial charge in [-0.1, -0.05) is 24.3 Å². The molecule has 0 saturated heterocycles. The van der Waals surface area contributed by atoms with Gasteiger partial charge >= 0.3 is 0 Å². The molecule has 1 amide bonds. The summed E-state index contributed by atoms with van der Waals surface area (Å²) in [5, 5.41) is 19.8. The molecular weight excluding hydrogens is 326 g/mol. The van der Waals surface area contributed by atoms with E-state index >= 15 is 0 Å². The first-order valence-electron chi connectivity index (χ1n) is 7.24. The number of hydrogen-bond acceptors (Lipinski definition) is 4. The lowest BCUT2D eigenvalue weighted by Gasteiger charge is -2.27. The van der Waals surface area contributed by atoms with Crippen molar-refractivity contribution in [1.82, 2.24) is 5.32 Å². The Hall–Kier alpha value is -1.95. The third-order valence-corrected chi connectivity index (χ3v) is 5.53. The van der Waals surface area contributed by atoms with Crippen molar-refractivity contribution < 1.29 is 9.90 Å². The SMILES string of the molecule is Cc1ccccc1C(=O)NCC(O)(c1ccsc1)c1cccs1. The van der Waals surface area contributed by atoms with Crippen LogP contribution in [0.3, 0.4) is 0 Å². The fraction of sp³-hybridized carbons (Fsp3) is 0.167. The number of amides is 1. The predicted molar refractivity (Wildman–Crippen MR) is 95.1 cm³/mol. The lowest BCUT2D eigenvalue weighted by molar-refractivity contribution is 0.0720. The van der Waals surface area contributed by atoms with E-state index in [-0.39, 0.29) is 12.5 Å². The normalized spacial score (nSPS) is 13.5. The number of rotatable bonds is 5. The van der Waals surface area contributed by atoms with Crippen molar-refractivity contribution in [2.45, 2.75) is 12.5 Å². The number of nitrogens with one attached hydrogen (secondary N) is 1. The van der Waals surface area contributed by atoms with Crippen LogP contribution in [-0.4, -0.2) is 17.6 Å². The van der Waals surface area contributed by atoms with Crippen LogP contribution in [-0.2, 0) is 5.60 Å². The lowest BCUT2D eigenvalue weighted by Crippen LogP contribution is -2.41. The smallest absolute Gasteiger partial charge is 0.251 e. The average molecular weight is 343 g/mol. The molecule has 3 rings (SSSR count). The van der Waals surface area contributed by atoms with Gasteiger partial charge < -0.3 is 10.4 Å². The maximum atomic E-state index is 12.4. The Bertz CT molecular complexity index is 745. The second-order valence-electron chi connectivity index (χ2n) is 5.35. The largest absolute Gasteiger partial charge is 0.378 e. The summed E-state index contributed by atoms with van der Waals surface area (Å²) in [5.74, 6) is -0.173. The monoisotopic (exact) mass is 343 g/mol. The van der Waals surface area contributed by atoms with Crippen LogP contribution in [0.1, 0.15) is 26.4 Å². The first kappa shape index (κ1) is 15.9. The van der Waals surface area contributed by atoms with Gasteiger partial charge in [0.15, 0.2) is 0 Å². The molecule has 2 N–H and O–H groups in total. The highest BCUT2D eigenvalue weighted by Gasteiger charge is 2.33. The van der Waals surface area contributed by atoms with E-state index < -0.39 is 5.60 Å². The second kappa shape index (κ2) is 6.66. The van der Waals surface area contributed by atoms with Gasteiger partial charge in [-0.25, -0.2) is 0 Å². The molecule has 0 spiro atoms. The van der Waals surface area contributed by atoms with E-state index in [1.807, 2.05) is 59.5 Å². The van der Waals surface area contributed by atoms with Crippen LogP contribution in [0.4, 0.5) is 0 Å². The summed E-state index contributed by atoms with van der Waals surface area (Å²) in [7, 11) is 0. The third-order valence-electron chi connectivity index (χ3n) is 3.82. The van der Waals surface area contributed by atoms with Gasteiger partial charge in [0.1, 0.15) is 5.60 Å². The van der Waals surface area contributed by atoms with E-state index in [2.05, 4.69) is 5.32 Å². The van der Waals surface area contributed by atoms with Gasteiger partial charge in [-0.2, -0.15) is 11.3 Å². The number of thiophene rings is 2. The number of aliphatic hydroxyl groups is 1. The van der Waals surface area contributed by atoms with Gasteiger partial charge in [-0.3, -0.25) is 4.79 Å². The van der Waals surface area contributed by atoms with Crippen molar-refractivity contribution in [3.8, 4) is 0 Å². The Balaban J connectivity index is 1.84. The first-order chi connectivity index (χ1) is 11.1. The summed E-state index contributed by atoms with van der Waals surface area (Å²) >= 11 is 3.01. The lowest BCUT2D eigenvalue weighted by atomic mass is 9.94. The number of benzene rings is 1. The Morgan fingerprint density at radius 3 is 2.65 bits per heavy atom. The number of carbonyl (C=O) groups excluding carboxylic acids is 1. The molecule has 1 aromatic carbocycles. The quantitative estimate of drug-likeness (QED) is 0.740. The van der Waals surface area contributed by atoms with Crippen molar-refractivity contribution in [3.63, 3.8) is 0 Å². The molecule has 0 fully saturated rings. The van der Waals surface area contributed by atoms with Crippen LogP contribution in [0, 0.1) is 6.92 Å². The summed E-state index contributed by atoms with van der Waals surface area (Å²) in [6.07, 6.45) is 0. The van der Waals surface area contributed by atoms with Crippen molar-refractivity contribution in [1.29, 1.82) is 0 Å². The van der Waals surface area contributed by atoms with Crippen molar-refractivity contribution in [2.75, 3.05) is 6.54 Å². The molecule has 1 atom stereocenters. The fourth-order valence-corrected chi connectivity index (χ4v) is 4.05. The molecule has 2 heterocycles. The maximum absolute atomic E-state index is 12.4. The summed E-state index contributed by atoms with van der Waals surface area (Å²) in [6, 6.07) is 13.1. The Morgan fingerprint density at radius 2 is 2.00 bits per heavy atom. The minimum Gasteiger partial charge on any atom is -0.378 e. The molecule has 23 heavy (non-hydrogen) atoms. The molecule has 3 aromatic rings. The van der Waals surface area contributed by atoms with Gasteiger partial charge in [-0.05, 0) is 46.8 Å². The van der Waals surface area contributed by atoms with E-state index in [1.54, 1.807) is 6.07 Å². The highest BCUT2D eigenvalue weighted by Crippen LogP contribution is 2.33. The first-order valence-corrected chi connectivity index (χ1v) is 9.06. The molecule has 0 radical (unpaired) electrons. The molecule has 5 heteroatoms. The Morgan fingerprint density at radius 1 is 1.17 bits per heavy atom. The van der Waals surface area contributed by atoms with Crippen LogP contribution >= 0.6 is 22.7 Å². The second-order valence-corrected chi connectivity index (χ2v) is 7.07. The van der Waals surface area contributed by atoms with Gasteiger partial charge in [-0.15, -0.1) is 11.3 Å². The van der Waals surface area contributed by atoms with Crippen LogP contribution < -0.4 is 5.32 Å². The molecule has 118 valence electrons. The van der Waals surface area contributed by atoms with Gasteiger partial charge in [0, 0.05) is 16.0 Å². The van der Waals surface area contributed by atoms with E-state index in [4.69, 9.17) is 0 Å². The number of carbonyl (C=O) groups is 1. The molecule has 0 bridgehead atoms. The van der Waals surface area contributed by atoms with E-state index in [0.29, 0.717) is 5.56 Å². The molecule has 0 saturated carbocycles. The van der Waals surface area contributed by atoms with E-state index in [9.17, 15) is 9.90 Å². The van der Waals surface area contributed by atoms with E-state index in [1.165, 1.54) is 22.7 Å². The van der Waals surface area contributed by atoms with Crippen LogP contribution in [0.5, 0.6) is 0 Å². The van der Waals surface area contributed by atoms with E-state index in [0.717, 1.165) is 16.0 Å². The number of aryl methyl sites for hydroxylation is 1. The summed E-state index contributed by atoms with van der Waals surface area (Å²) in [6.45, 7) is 2.04. The predicted octanol–water partition coefficient (Wildman–Crippen LogP) is 3.78. The minimum absolute atomic E-state index is 0.136. The van der Waals surface area contributed by atoms with Crippen molar-refractivity contribution in [2.24, 2.45) is 0 Å². The van der Waals surface area contributed by atoms with Gasteiger partial charge in [0.2, 0.25) is 0 Å². The maximum Gasteiger partial charge on any atom is 0.251 e. The van der Waals surface area contributed by atoms with Crippen molar-refractivity contribution >= 4 is 28.6 Å². The number of hydrogen-bond donors (Lipinski definition) is 2. The third kappa shape index (κ3) is 3.22. The van der Waals surface area contributed by atoms with Gasteiger partial charge in [0.25, 0.3) is 5.91 Å². The molecule has 1 unspecified atom stereocenters. The summed E-state index contributed by atoms with van der Waals surface area (Å²) < 4.78 is 0. The average Bonchev–Trinajstić information content (AvgIpc) is 3.25. The molecule has 0 aliphatic carbocycles. The molecule has 3 nitrogen and oxygen atoms in total. The topological polar surface area (TPSA) is 49.3 Å². The van der Waals surface area contributed by atoms with Crippen LogP contribution in [0.15, 0.2) is 58.6 Å². The highest BCUT2D eigenvalue weighted by atomic mass is 32.1. The summed E-state index contributed by atoms with van der Waals surface area (Å²) in [4.78, 5) is 13.3. The zero-order valence-electron chi connectivity index (χ0n) is 12.7. The zero-order chi connectivity index (χ0) is 16.3. The molecule has 2 aromatic heterocycles. The highest BCUT2D eigenvalue weighted by molar-refractivity contribution is 7.10. The minimum atomic E-state index is -1.20. The Labute approximate surface area is 143 Å². The molecular formula is C18H17NO2S2. The molecule has 0 aliphatic heterocycles. The summed E-state index contributed by atoms with van der Waals surface area (Å²) in [5.41, 5.74) is 1.15. The van der Waals surface area contributed by atoms with Crippen molar-refractivity contribution in [3.05, 3.63) is 80.2 Å². The van der Waals surface area contributed by atoms with Gasteiger partial charge in [0.05, 0.1) is 6.54 Å². The van der Waals surface area contributed by atoms with Crippen LogP contribution in [0.2, 0.25) is 0 Å². The molecule has 0 aliphatic rings. The van der Waals surface area contributed by atoms with Crippen LogP contribution in [0.25, 0.3) is 0 Å². The Kier molecular flexibility index (Phi) is 4.61. The fourth-order valence-electron chi connectivity index (χ4n) is 2.48. The standard InChI is InChI=1S/C18H17NO2S2/c1-13-5-2-3-6-15(13)17(20)19-12-18(21,14-8-10-22-11-14)16-7-4-9-23-16/h2-11,21H,12H2,1H3,(H,19,20). The zero-order valence-corrected chi connectivity index (χ0v) is 14.3.